The summed E-state index contributed by atoms with van der Waals surface area (Å²) in [7, 11) is 3.32. The number of thioether (sulfide) groups is 1. The van der Waals surface area contributed by atoms with E-state index < -0.39 is 0 Å². The normalized spacial score (nSPS) is 10.9. The zero-order valence-corrected chi connectivity index (χ0v) is 22.3. The van der Waals surface area contributed by atoms with E-state index in [1.165, 1.54) is 23.9 Å². The lowest BCUT2D eigenvalue weighted by Gasteiger charge is -2.18. The third kappa shape index (κ3) is 5.86. The van der Waals surface area contributed by atoms with Gasteiger partial charge in [0.05, 0.1) is 23.7 Å². The van der Waals surface area contributed by atoms with E-state index in [-0.39, 0.29) is 17.3 Å². The Balaban J connectivity index is 1.55. The van der Waals surface area contributed by atoms with Crippen LogP contribution >= 0.6 is 11.8 Å². The maximum Gasteiger partial charge on any atom is 0.266 e. The van der Waals surface area contributed by atoms with Crippen LogP contribution in [0, 0.1) is 5.82 Å². The minimum absolute atomic E-state index is 0.167. The lowest BCUT2D eigenvalue weighted by Crippen LogP contribution is -2.26. The number of carbonyl (C=O) groups excluding carboxylic acids is 1. The van der Waals surface area contributed by atoms with Gasteiger partial charge in [0.1, 0.15) is 11.6 Å². The average Bonchev–Trinajstić information content (AvgIpc) is 2.96. The summed E-state index contributed by atoms with van der Waals surface area (Å²) in [6, 6.07) is 28.1. The van der Waals surface area contributed by atoms with Gasteiger partial charge in [0.2, 0.25) is 0 Å². The first-order valence-electron chi connectivity index (χ1n) is 12.3. The summed E-state index contributed by atoms with van der Waals surface area (Å²) in [5.74, 6) is 0.604. The summed E-state index contributed by atoms with van der Waals surface area (Å²) >= 11 is 1.36. The van der Waals surface area contributed by atoms with E-state index in [0.29, 0.717) is 45.4 Å². The Kier molecular flexibility index (Phi) is 7.74. The summed E-state index contributed by atoms with van der Waals surface area (Å²) in [6.07, 6.45) is 0. The van der Waals surface area contributed by atoms with E-state index in [1.807, 2.05) is 42.5 Å². The Morgan fingerprint density at radius 3 is 2.46 bits per heavy atom. The van der Waals surface area contributed by atoms with Crippen molar-refractivity contribution in [3.05, 3.63) is 130 Å². The summed E-state index contributed by atoms with van der Waals surface area (Å²) in [6.45, 7) is 0.460. The minimum atomic E-state index is -0.310. The Bertz CT molecular complexity index is 1690. The lowest BCUT2D eigenvalue weighted by atomic mass is 10.1. The van der Waals surface area contributed by atoms with Crippen molar-refractivity contribution in [3.8, 4) is 11.4 Å². The Morgan fingerprint density at radius 2 is 1.72 bits per heavy atom. The summed E-state index contributed by atoms with van der Waals surface area (Å²) in [5.41, 5.74) is 3.14. The first-order chi connectivity index (χ1) is 18.9. The van der Waals surface area contributed by atoms with E-state index in [2.05, 4.69) is 0 Å². The number of carbonyl (C=O) groups is 1. The Hall–Kier alpha value is -4.43. The number of fused-ring (bicyclic) bond motifs is 1. The standard InChI is InChI=1S/C31H26FN3O3S/c1-34(19-21-7-4-3-5-8-21)29(36)23-13-16-27-28(17-23)33-31(39-20-22-11-14-24(32)15-12-22)35(30(27)37)25-9-6-10-26(18-25)38-2/h3-18H,19-20H2,1-2H3. The number of benzene rings is 4. The second-order valence-electron chi connectivity index (χ2n) is 9.03. The monoisotopic (exact) mass is 539 g/mol. The predicted molar refractivity (Wildman–Crippen MR) is 152 cm³/mol. The molecular formula is C31H26FN3O3S. The van der Waals surface area contributed by atoms with Gasteiger partial charge in [-0.05, 0) is 53.6 Å². The number of halogens is 1. The number of amides is 1. The highest BCUT2D eigenvalue weighted by Gasteiger charge is 2.18. The fraction of sp³-hybridized carbons (Fsp3) is 0.129. The molecule has 0 aliphatic carbocycles. The number of aromatic nitrogens is 2. The topological polar surface area (TPSA) is 64.4 Å². The van der Waals surface area contributed by atoms with Crippen molar-refractivity contribution in [2.24, 2.45) is 0 Å². The van der Waals surface area contributed by atoms with Crippen molar-refractivity contribution in [1.29, 1.82) is 0 Å². The first-order valence-corrected chi connectivity index (χ1v) is 13.3. The largest absolute Gasteiger partial charge is 0.497 e. The van der Waals surface area contributed by atoms with E-state index in [9.17, 15) is 14.0 Å². The molecule has 196 valence electrons. The summed E-state index contributed by atoms with van der Waals surface area (Å²) in [4.78, 5) is 33.5. The van der Waals surface area contributed by atoms with Crippen LogP contribution in [-0.4, -0.2) is 34.5 Å². The van der Waals surface area contributed by atoms with Crippen molar-refractivity contribution < 1.29 is 13.9 Å². The quantitative estimate of drug-likeness (QED) is 0.176. The molecule has 0 radical (unpaired) electrons. The first kappa shape index (κ1) is 26.2. The van der Waals surface area contributed by atoms with Crippen LogP contribution in [0.4, 0.5) is 4.39 Å². The molecular weight excluding hydrogens is 513 g/mol. The molecule has 0 bridgehead atoms. The third-order valence-electron chi connectivity index (χ3n) is 6.29. The second kappa shape index (κ2) is 11.5. The van der Waals surface area contributed by atoms with Crippen LogP contribution in [0.1, 0.15) is 21.5 Å². The zero-order valence-electron chi connectivity index (χ0n) is 21.5. The Morgan fingerprint density at radius 1 is 0.949 bits per heavy atom. The molecule has 39 heavy (non-hydrogen) atoms. The highest BCUT2D eigenvalue weighted by atomic mass is 32.2. The molecule has 0 spiro atoms. The Labute approximate surface area is 229 Å². The molecule has 8 heteroatoms. The SMILES string of the molecule is COc1cccc(-n2c(SCc3ccc(F)cc3)nc3cc(C(=O)N(C)Cc4ccccc4)ccc3c2=O)c1. The molecule has 0 aliphatic rings. The molecule has 1 aromatic heterocycles. The smallest absolute Gasteiger partial charge is 0.266 e. The average molecular weight is 540 g/mol. The van der Waals surface area contributed by atoms with Crippen LogP contribution < -0.4 is 10.3 Å². The van der Waals surface area contributed by atoms with Crippen LogP contribution in [0.5, 0.6) is 5.75 Å². The molecule has 5 aromatic rings. The van der Waals surface area contributed by atoms with Crippen LogP contribution in [0.25, 0.3) is 16.6 Å². The van der Waals surface area contributed by atoms with Crippen molar-refractivity contribution >= 4 is 28.6 Å². The van der Waals surface area contributed by atoms with Crippen molar-refractivity contribution in [3.63, 3.8) is 0 Å². The van der Waals surface area contributed by atoms with Crippen LogP contribution in [-0.2, 0) is 12.3 Å². The van der Waals surface area contributed by atoms with Crippen LogP contribution in [0.15, 0.2) is 107 Å². The van der Waals surface area contributed by atoms with E-state index in [0.717, 1.165) is 11.1 Å². The third-order valence-corrected chi connectivity index (χ3v) is 7.30. The molecule has 0 saturated carbocycles. The molecule has 0 aliphatic heterocycles. The van der Waals surface area contributed by atoms with Crippen molar-refractivity contribution in [1.82, 2.24) is 14.5 Å². The van der Waals surface area contributed by atoms with Gasteiger partial charge in [-0.3, -0.25) is 14.2 Å². The van der Waals surface area contributed by atoms with Gasteiger partial charge in [-0.2, -0.15) is 0 Å². The molecule has 6 nitrogen and oxygen atoms in total. The maximum absolute atomic E-state index is 13.8. The van der Waals surface area contributed by atoms with Gasteiger partial charge in [-0.1, -0.05) is 60.3 Å². The van der Waals surface area contributed by atoms with Gasteiger partial charge in [-0.25, -0.2) is 9.37 Å². The van der Waals surface area contributed by atoms with Gasteiger partial charge < -0.3 is 9.64 Å². The number of nitrogens with zero attached hydrogens (tertiary/aromatic N) is 3. The molecule has 1 heterocycles. The van der Waals surface area contributed by atoms with Crippen LogP contribution in [0.2, 0.25) is 0 Å². The van der Waals surface area contributed by atoms with E-state index in [1.54, 1.807) is 66.1 Å². The fourth-order valence-electron chi connectivity index (χ4n) is 4.25. The molecule has 5 rings (SSSR count). The highest BCUT2D eigenvalue weighted by Crippen LogP contribution is 2.27. The van der Waals surface area contributed by atoms with E-state index in [4.69, 9.17) is 9.72 Å². The maximum atomic E-state index is 13.8. The molecule has 0 unspecified atom stereocenters. The molecule has 0 fully saturated rings. The highest BCUT2D eigenvalue weighted by molar-refractivity contribution is 7.98. The number of rotatable bonds is 8. The molecule has 0 atom stereocenters. The summed E-state index contributed by atoms with van der Waals surface area (Å²) in [5, 5.41) is 0.846. The fourth-order valence-corrected chi connectivity index (χ4v) is 5.22. The van der Waals surface area contributed by atoms with Gasteiger partial charge in [0.15, 0.2) is 5.16 Å². The van der Waals surface area contributed by atoms with Gasteiger partial charge in [-0.15, -0.1) is 0 Å². The molecule has 1 amide bonds. The van der Waals surface area contributed by atoms with Gasteiger partial charge in [0.25, 0.3) is 11.5 Å². The van der Waals surface area contributed by atoms with Crippen molar-refractivity contribution in [2.45, 2.75) is 17.5 Å². The molecule has 0 N–H and O–H groups in total. The van der Waals surface area contributed by atoms with E-state index >= 15 is 0 Å². The van der Waals surface area contributed by atoms with Gasteiger partial charge in [0, 0.05) is 31.0 Å². The number of hydrogen-bond acceptors (Lipinski definition) is 5. The lowest BCUT2D eigenvalue weighted by molar-refractivity contribution is 0.0785. The zero-order chi connectivity index (χ0) is 27.4. The number of hydrogen-bond donors (Lipinski definition) is 0. The molecule has 4 aromatic carbocycles. The predicted octanol–water partition coefficient (Wildman–Crippen LogP) is 6.10. The summed E-state index contributed by atoms with van der Waals surface area (Å²) < 4.78 is 20.3. The number of methoxy groups -OCH3 is 1. The van der Waals surface area contributed by atoms with Crippen LogP contribution in [0.3, 0.4) is 0 Å². The molecule has 0 saturated heterocycles. The minimum Gasteiger partial charge on any atom is -0.497 e. The van der Waals surface area contributed by atoms with Crippen molar-refractivity contribution in [2.75, 3.05) is 14.2 Å². The van der Waals surface area contributed by atoms with Gasteiger partial charge >= 0.3 is 0 Å². The second-order valence-corrected chi connectivity index (χ2v) is 9.97. The number of ether oxygens (including phenoxy) is 1.